The third-order valence-corrected chi connectivity index (χ3v) is 6.39. The zero-order valence-electron chi connectivity index (χ0n) is 20.7. The van der Waals surface area contributed by atoms with Crippen LogP contribution >= 0.6 is 0 Å². The van der Waals surface area contributed by atoms with Gasteiger partial charge in [0, 0.05) is 29.2 Å². The average Bonchev–Trinajstić information content (AvgIpc) is 3.36. The first-order chi connectivity index (χ1) is 18.2. The van der Waals surface area contributed by atoms with Crippen molar-refractivity contribution in [3.05, 3.63) is 109 Å². The number of phenolic OH excluding ortho intramolecular Hbond substituents is 1. The van der Waals surface area contributed by atoms with E-state index in [1.54, 1.807) is 13.2 Å². The van der Waals surface area contributed by atoms with Crippen molar-refractivity contribution < 1.29 is 19.4 Å². The summed E-state index contributed by atoms with van der Waals surface area (Å²) in [4.78, 5) is 8.16. The molecule has 0 spiro atoms. The highest BCUT2D eigenvalue weighted by molar-refractivity contribution is 6.06. The van der Waals surface area contributed by atoms with E-state index >= 15 is 0 Å². The van der Waals surface area contributed by atoms with Gasteiger partial charge in [0.25, 0.3) is 0 Å². The summed E-state index contributed by atoms with van der Waals surface area (Å²) in [6, 6.07) is 33.3. The van der Waals surface area contributed by atoms with Crippen LogP contribution in [0.25, 0.3) is 0 Å². The predicted molar refractivity (Wildman–Crippen MR) is 146 cm³/mol. The molecule has 0 amide bonds. The van der Waals surface area contributed by atoms with Crippen molar-refractivity contribution in [2.75, 3.05) is 31.0 Å². The number of amidine groups is 1. The fraction of sp³-hybridized carbons (Fsp3) is 0.167. The second-order valence-electron chi connectivity index (χ2n) is 8.60. The Morgan fingerprint density at radius 1 is 0.811 bits per heavy atom. The zero-order chi connectivity index (χ0) is 25.6. The lowest BCUT2D eigenvalue weighted by Gasteiger charge is -2.29. The predicted octanol–water partition coefficient (Wildman–Crippen LogP) is 6.36. The monoisotopic (exact) mass is 495 g/mol. The van der Waals surface area contributed by atoms with Crippen LogP contribution in [0.3, 0.4) is 0 Å². The molecule has 4 aromatic rings. The largest absolute Gasteiger partial charge is 0.504 e. The van der Waals surface area contributed by atoms with Crippen LogP contribution in [0.1, 0.15) is 11.7 Å². The van der Waals surface area contributed by atoms with E-state index in [-0.39, 0.29) is 11.7 Å². The summed E-state index contributed by atoms with van der Waals surface area (Å²) in [6.07, 6.45) is -0.536. The molecule has 0 aromatic heterocycles. The molecule has 0 saturated heterocycles. The van der Waals surface area contributed by atoms with Gasteiger partial charge in [-0.15, -0.1) is 0 Å². The van der Waals surface area contributed by atoms with Crippen LogP contribution < -0.4 is 19.7 Å². The number of oxime groups is 1. The van der Waals surface area contributed by atoms with Crippen LogP contribution in [-0.2, 0) is 4.84 Å². The third-order valence-electron chi connectivity index (χ3n) is 6.39. The van der Waals surface area contributed by atoms with E-state index in [0.717, 1.165) is 28.6 Å². The Morgan fingerprint density at radius 3 is 2.05 bits per heavy atom. The standard InChI is InChI=1S/C30H29N3O4/c1-35-24-18-16-21(17-19-24)31-20-26-29(25-14-9-15-27(36-2)28(25)34)37-32-30(26)33(22-10-5-3-6-11-22)23-12-7-4-8-13-23/h3-19,26,29,31,34H,20H2,1-2H3. The van der Waals surface area contributed by atoms with E-state index in [2.05, 4.69) is 15.4 Å². The summed E-state index contributed by atoms with van der Waals surface area (Å²) >= 11 is 0. The maximum Gasteiger partial charge on any atom is 0.168 e. The number of benzene rings is 4. The number of nitrogens with one attached hydrogen (secondary N) is 1. The minimum absolute atomic E-state index is 0.0480. The fourth-order valence-corrected chi connectivity index (χ4v) is 4.50. The molecule has 7 heteroatoms. The molecule has 7 nitrogen and oxygen atoms in total. The molecule has 2 N–H and O–H groups in total. The molecule has 1 aliphatic rings. The van der Waals surface area contributed by atoms with E-state index in [1.807, 2.05) is 97.1 Å². The van der Waals surface area contributed by atoms with E-state index < -0.39 is 6.10 Å². The first-order valence-corrected chi connectivity index (χ1v) is 12.1. The van der Waals surface area contributed by atoms with Gasteiger partial charge in [0.15, 0.2) is 23.4 Å². The molecule has 5 rings (SSSR count). The minimum atomic E-state index is -0.536. The van der Waals surface area contributed by atoms with Crippen molar-refractivity contribution in [1.29, 1.82) is 0 Å². The Morgan fingerprint density at radius 2 is 1.46 bits per heavy atom. The van der Waals surface area contributed by atoms with Crippen LogP contribution in [0.4, 0.5) is 17.1 Å². The van der Waals surface area contributed by atoms with Gasteiger partial charge < -0.3 is 24.7 Å². The molecule has 1 heterocycles. The summed E-state index contributed by atoms with van der Waals surface area (Å²) < 4.78 is 10.7. The number of methoxy groups -OCH3 is 2. The molecule has 188 valence electrons. The Hall–Kier alpha value is -4.65. The summed E-state index contributed by atoms with van der Waals surface area (Å²) in [5.74, 6) is 1.70. The Kier molecular flexibility index (Phi) is 7.12. The summed E-state index contributed by atoms with van der Waals surface area (Å²) in [5, 5.41) is 19.1. The summed E-state index contributed by atoms with van der Waals surface area (Å²) in [7, 11) is 3.18. The van der Waals surface area contributed by atoms with Gasteiger partial charge in [0.2, 0.25) is 0 Å². The molecular weight excluding hydrogens is 466 g/mol. The molecular formula is C30H29N3O4. The Labute approximate surface area is 216 Å². The molecule has 37 heavy (non-hydrogen) atoms. The van der Waals surface area contributed by atoms with Gasteiger partial charge in [-0.1, -0.05) is 53.7 Å². The van der Waals surface area contributed by atoms with Crippen LogP contribution in [0, 0.1) is 5.92 Å². The maximum absolute atomic E-state index is 11.0. The normalized spacial score (nSPS) is 16.4. The van der Waals surface area contributed by atoms with Gasteiger partial charge in [-0.3, -0.25) is 4.90 Å². The molecule has 0 bridgehead atoms. The van der Waals surface area contributed by atoms with Crippen molar-refractivity contribution in [2.24, 2.45) is 11.1 Å². The highest BCUT2D eigenvalue weighted by Gasteiger charge is 2.41. The van der Waals surface area contributed by atoms with Crippen LogP contribution in [0.15, 0.2) is 108 Å². The number of ether oxygens (including phenoxy) is 2. The quantitative estimate of drug-likeness (QED) is 0.296. The van der Waals surface area contributed by atoms with Crippen molar-refractivity contribution in [3.63, 3.8) is 0 Å². The van der Waals surface area contributed by atoms with Gasteiger partial charge in [0.05, 0.1) is 20.1 Å². The number of phenols is 1. The number of para-hydroxylation sites is 3. The minimum Gasteiger partial charge on any atom is -0.504 e. The average molecular weight is 496 g/mol. The molecule has 4 aromatic carbocycles. The van der Waals surface area contributed by atoms with Crippen molar-refractivity contribution in [3.8, 4) is 17.2 Å². The van der Waals surface area contributed by atoms with Gasteiger partial charge in [-0.05, 0) is 54.6 Å². The molecule has 1 aliphatic heterocycles. The van der Waals surface area contributed by atoms with Crippen molar-refractivity contribution in [2.45, 2.75) is 6.10 Å². The van der Waals surface area contributed by atoms with Crippen LogP contribution in [0.5, 0.6) is 17.2 Å². The summed E-state index contributed by atoms with van der Waals surface area (Å²) in [5.41, 5.74) is 3.47. The molecule has 2 unspecified atom stereocenters. The van der Waals surface area contributed by atoms with Crippen molar-refractivity contribution in [1.82, 2.24) is 0 Å². The van der Waals surface area contributed by atoms with Gasteiger partial charge in [-0.25, -0.2) is 0 Å². The van der Waals surface area contributed by atoms with Crippen molar-refractivity contribution >= 4 is 22.9 Å². The topological polar surface area (TPSA) is 75.6 Å². The number of rotatable bonds is 8. The maximum atomic E-state index is 11.0. The summed E-state index contributed by atoms with van der Waals surface area (Å²) in [6.45, 7) is 0.503. The smallest absolute Gasteiger partial charge is 0.168 e. The van der Waals surface area contributed by atoms with E-state index in [4.69, 9.17) is 14.3 Å². The molecule has 0 saturated carbocycles. The number of anilines is 3. The highest BCUT2D eigenvalue weighted by Crippen LogP contribution is 2.43. The van der Waals surface area contributed by atoms with E-state index in [0.29, 0.717) is 17.9 Å². The first kappa shape index (κ1) is 24.1. The van der Waals surface area contributed by atoms with E-state index in [1.165, 1.54) is 7.11 Å². The van der Waals surface area contributed by atoms with E-state index in [9.17, 15) is 5.11 Å². The lowest BCUT2D eigenvalue weighted by Crippen LogP contribution is -2.36. The molecule has 2 atom stereocenters. The molecule has 0 fully saturated rings. The van der Waals surface area contributed by atoms with Gasteiger partial charge in [-0.2, -0.15) is 0 Å². The first-order valence-electron chi connectivity index (χ1n) is 12.1. The number of nitrogens with zero attached hydrogens (tertiary/aromatic N) is 2. The fourth-order valence-electron chi connectivity index (χ4n) is 4.50. The van der Waals surface area contributed by atoms with Crippen LogP contribution in [-0.4, -0.2) is 31.7 Å². The number of hydrogen-bond acceptors (Lipinski definition) is 7. The second kappa shape index (κ2) is 11.0. The molecule has 0 radical (unpaired) electrons. The lowest BCUT2D eigenvalue weighted by molar-refractivity contribution is 0.0619. The Balaban J connectivity index is 1.54. The lowest BCUT2D eigenvalue weighted by atomic mass is 9.92. The molecule has 0 aliphatic carbocycles. The SMILES string of the molecule is COc1ccc(NCC2C(N(c3ccccc3)c3ccccc3)=NOC2c2cccc(OC)c2O)cc1. The van der Waals surface area contributed by atoms with Gasteiger partial charge >= 0.3 is 0 Å². The second-order valence-corrected chi connectivity index (χ2v) is 8.60. The van der Waals surface area contributed by atoms with Crippen LogP contribution in [0.2, 0.25) is 0 Å². The number of hydrogen-bond donors (Lipinski definition) is 2. The highest BCUT2D eigenvalue weighted by atomic mass is 16.6. The van der Waals surface area contributed by atoms with Gasteiger partial charge in [0.1, 0.15) is 5.75 Å². The third kappa shape index (κ3) is 5.02. The zero-order valence-corrected chi connectivity index (χ0v) is 20.7. The number of aromatic hydroxyl groups is 1. The Bertz CT molecular complexity index is 1310.